The number of unbranched alkanes of at least 4 members (excludes halogenated alkanes) is 2. The van der Waals surface area contributed by atoms with Crippen LogP contribution in [-0.2, 0) is 19.3 Å². The van der Waals surface area contributed by atoms with E-state index in [9.17, 15) is 13.2 Å². The molecular formula is C33H32F4O. The summed E-state index contributed by atoms with van der Waals surface area (Å²) >= 11 is 0. The fraction of sp³-hybridized carbons (Fsp3) is 0.273. The van der Waals surface area contributed by atoms with Gasteiger partial charge < -0.3 is 4.74 Å². The van der Waals surface area contributed by atoms with Gasteiger partial charge in [-0.1, -0.05) is 80.4 Å². The number of benzene rings is 4. The molecule has 5 heteroatoms. The van der Waals surface area contributed by atoms with E-state index in [2.05, 4.69) is 31.2 Å². The first-order valence-electron chi connectivity index (χ1n) is 13.2. The molecule has 0 amide bonds. The monoisotopic (exact) mass is 520 g/mol. The Hall–Kier alpha value is -3.60. The van der Waals surface area contributed by atoms with Gasteiger partial charge in [0.1, 0.15) is 0 Å². The van der Waals surface area contributed by atoms with Gasteiger partial charge in [0.15, 0.2) is 23.2 Å². The van der Waals surface area contributed by atoms with E-state index < -0.39 is 23.3 Å². The van der Waals surface area contributed by atoms with Gasteiger partial charge in [0.25, 0.3) is 0 Å². The van der Waals surface area contributed by atoms with E-state index in [4.69, 9.17) is 4.74 Å². The van der Waals surface area contributed by atoms with Gasteiger partial charge in [-0.15, -0.1) is 0 Å². The highest BCUT2D eigenvalue weighted by Crippen LogP contribution is 2.33. The molecule has 1 nitrogen and oxygen atoms in total. The number of halogens is 4. The Morgan fingerprint density at radius 2 is 1.08 bits per heavy atom. The van der Waals surface area contributed by atoms with Gasteiger partial charge in [-0.05, 0) is 72.6 Å². The van der Waals surface area contributed by atoms with Crippen molar-refractivity contribution in [2.24, 2.45) is 0 Å². The normalized spacial score (nSPS) is 11.1. The van der Waals surface area contributed by atoms with Gasteiger partial charge in [-0.25, -0.2) is 13.2 Å². The number of rotatable bonds is 11. The van der Waals surface area contributed by atoms with Crippen molar-refractivity contribution >= 4 is 0 Å². The lowest BCUT2D eigenvalue weighted by Gasteiger charge is -2.11. The number of aryl methyl sites for hydroxylation is 3. The first-order chi connectivity index (χ1) is 18.4. The second-order valence-electron chi connectivity index (χ2n) is 9.42. The molecule has 0 radical (unpaired) electrons. The molecule has 0 bridgehead atoms. The second kappa shape index (κ2) is 12.8. The largest absolute Gasteiger partial charge is 0.491 e. The minimum Gasteiger partial charge on any atom is -0.491 e. The average Bonchev–Trinajstić information content (AvgIpc) is 2.93. The van der Waals surface area contributed by atoms with Crippen LogP contribution in [0.1, 0.15) is 49.8 Å². The maximum Gasteiger partial charge on any atom is 0.201 e. The van der Waals surface area contributed by atoms with Crippen LogP contribution in [0.25, 0.3) is 22.3 Å². The lowest BCUT2D eigenvalue weighted by Crippen LogP contribution is -2.00. The van der Waals surface area contributed by atoms with E-state index in [1.54, 1.807) is 43.3 Å². The highest BCUT2D eigenvalue weighted by molar-refractivity contribution is 5.71. The molecular weight excluding hydrogens is 488 g/mol. The first-order valence-corrected chi connectivity index (χ1v) is 13.2. The van der Waals surface area contributed by atoms with Crippen LogP contribution in [-0.4, -0.2) is 6.61 Å². The number of hydrogen-bond acceptors (Lipinski definition) is 1. The first kappa shape index (κ1) is 27.4. The average molecular weight is 521 g/mol. The summed E-state index contributed by atoms with van der Waals surface area (Å²) in [7, 11) is 0. The highest BCUT2D eigenvalue weighted by Gasteiger charge is 2.17. The third kappa shape index (κ3) is 6.27. The Balaban J connectivity index is 1.46. The van der Waals surface area contributed by atoms with Crippen molar-refractivity contribution in [3.8, 4) is 28.0 Å². The molecule has 0 unspecified atom stereocenters. The summed E-state index contributed by atoms with van der Waals surface area (Å²) in [5.41, 5.74) is 3.75. The van der Waals surface area contributed by atoms with Crippen molar-refractivity contribution < 1.29 is 22.3 Å². The minimum atomic E-state index is -1.06. The summed E-state index contributed by atoms with van der Waals surface area (Å²) in [6.07, 6.45) is 5.64. The Labute approximate surface area is 222 Å². The molecule has 0 aliphatic carbocycles. The van der Waals surface area contributed by atoms with E-state index in [0.29, 0.717) is 29.5 Å². The van der Waals surface area contributed by atoms with Crippen LogP contribution < -0.4 is 4.74 Å². The molecule has 198 valence electrons. The molecule has 0 aliphatic rings. The Morgan fingerprint density at radius 1 is 0.526 bits per heavy atom. The van der Waals surface area contributed by atoms with Crippen LogP contribution in [0.2, 0.25) is 0 Å². The maximum atomic E-state index is 15.0. The third-order valence-electron chi connectivity index (χ3n) is 6.79. The molecule has 0 aromatic heterocycles. The zero-order valence-electron chi connectivity index (χ0n) is 21.8. The number of hydrogen-bond donors (Lipinski definition) is 0. The number of ether oxygens (including phenoxy) is 1. The SMILES string of the molecule is CCCCCc1ccc(CCc2ccc(-c3ccc(-c4ccc(OCC)c(F)c4F)cc3)c(F)c2F)cc1. The predicted molar refractivity (Wildman–Crippen MR) is 145 cm³/mol. The summed E-state index contributed by atoms with van der Waals surface area (Å²) in [6.45, 7) is 4.09. The Kier molecular flexibility index (Phi) is 9.22. The molecule has 0 spiro atoms. The van der Waals surface area contributed by atoms with Crippen LogP contribution in [0.15, 0.2) is 72.8 Å². The van der Waals surface area contributed by atoms with Crippen LogP contribution >= 0.6 is 0 Å². The van der Waals surface area contributed by atoms with Gasteiger partial charge in [-0.3, -0.25) is 0 Å². The summed E-state index contributed by atoms with van der Waals surface area (Å²) in [5, 5.41) is 0. The Morgan fingerprint density at radius 3 is 1.66 bits per heavy atom. The van der Waals surface area contributed by atoms with Crippen molar-refractivity contribution in [1.29, 1.82) is 0 Å². The molecule has 0 fully saturated rings. The highest BCUT2D eigenvalue weighted by atomic mass is 19.2. The molecule has 0 heterocycles. The van der Waals surface area contributed by atoms with E-state index in [1.807, 2.05) is 0 Å². The molecule has 4 aromatic rings. The fourth-order valence-electron chi connectivity index (χ4n) is 4.59. The smallest absolute Gasteiger partial charge is 0.201 e. The van der Waals surface area contributed by atoms with Gasteiger partial charge in [0.05, 0.1) is 6.61 Å². The van der Waals surface area contributed by atoms with Crippen LogP contribution in [0.5, 0.6) is 5.75 Å². The van der Waals surface area contributed by atoms with Crippen LogP contribution in [0.3, 0.4) is 0 Å². The lowest BCUT2D eigenvalue weighted by molar-refractivity contribution is 0.314. The van der Waals surface area contributed by atoms with Gasteiger partial charge in [0, 0.05) is 11.1 Å². The van der Waals surface area contributed by atoms with Gasteiger partial charge in [-0.2, -0.15) is 4.39 Å². The summed E-state index contributed by atoms with van der Waals surface area (Å²) in [4.78, 5) is 0. The summed E-state index contributed by atoms with van der Waals surface area (Å²) in [5.74, 6) is -4.00. The maximum absolute atomic E-state index is 15.0. The Bertz CT molecular complexity index is 1360. The minimum absolute atomic E-state index is 0.0634. The van der Waals surface area contributed by atoms with Gasteiger partial charge >= 0.3 is 0 Å². The molecule has 0 aliphatic heterocycles. The molecule has 0 saturated heterocycles. The standard InChI is InChI=1S/C33H32F4O/c1-3-5-6-7-22-8-10-23(11-9-22)12-13-26-18-19-27(31(35)30(26)34)24-14-16-25(17-15-24)28-20-21-29(38-4-2)33(37)32(28)36/h8-11,14-21H,3-7,12-13H2,1-2H3. The van der Waals surface area contributed by atoms with Crippen molar-refractivity contribution in [1.82, 2.24) is 0 Å². The van der Waals surface area contributed by atoms with E-state index in [1.165, 1.54) is 37.0 Å². The van der Waals surface area contributed by atoms with Crippen molar-refractivity contribution in [2.45, 2.75) is 52.4 Å². The van der Waals surface area contributed by atoms with Crippen molar-refractivity contribution in [3.05, 3.63) is 113 Å². The van der Waals surface area contributed by atoms with Crippen LogP contribution in [0, 0.1) is 23.3 Å². The zero-order valence-corrected chi connectivity index (χ0v) is 21.8. The summed E-state index contributed by atoms with van der Waals surface area (Å²) in [6, 6.07) is 20.6. The predicted octanol–water partition coefficient (Wildman–Crippen LogP) is 9.49. The molecule has 0 atom stereocenters. The van der Waals surface area contributed by atoms with Crippen LogP contribution in [0.4, 0.5) is 17.6 Å². The van der Waals surface area contributed by atoms with Crippen molar-refractivity contribution in [3.63, 3.8) is 0 Å². The van der Waals surface area contributed by atoms with Crippen molar-refractivity contribution in [2.75, 3.05) is 6.61 Å². The topological polar surface area (TPSA) is 9.23 Å². The van der Waals surface area contributed by atoms with E-state index in [0.717, 1.165) is 12.0 Å². The molecule has 0 saturated carbocycles. The molecule has 38 heavy (non-hydrogen) atoms. The third-order valence-corrected chi connectivity index (χ3v) is 6.79. The molecule has 4 aromatic carbocycles. The fourth-order valence-corrected chi connectivity index (χ4v) is 4.59. The second-order valence-corrected chi connectivity index (χ2v) is 9.42. The zero-order chi connectivity index (χ0) is 27.1. The quantitative estimate of drug-likeness (QED) is 0.141. The van der Waals surface area contributed by atoms with E-state index >= 15 is 4.39 Å². The molecule has 4 rings (SSSR count). The van der Waals surface area contributed by atoms with Gasteiger partial charge in [0.2, 0.25) is 5.82 Å². The van der Waals surface area contributed by atoms with E-state index in [-0.39, 0.29) is 23.5 Å². The molecule has 0 N–H and O–H groups in total. The lowest BCUT2D eigenvalue weighted by atomic mass is 9.96. The summed E-state index contributed by atoms with van der Waals surface area (Å²) < 4.78 is 63.9.